The van der Waals surface area contributed by atoms with Gasteiger partial charge in [-0.3, -0.25) is 4.79 Å². The minimum Gasteiger partial charge on any atom is -0.349 e. The topological polar surface area (TPSA) is 97.2 Å². The van der Waals surface area contributed by atoms with Crippen molar-refractivity contribution in [3.05, 3.63) is 54.6 Å². The Kier molecular flexibility index (Phi) is 6.25. The van der Waals surface area contributed by atoms with E-state index in [0.29, 0.717) is 38.0 Å². The average molecular weight is 404 g/mol. The predicted octanol–water partition coefficient (Wildman–Crippen LogP) is 1.78. The minimum absolute atomic E-state index is 0.133. The molecule has 2 aromatic rings. The van der Waals surface area contributed by atoms with Gasteiger partial charge in [-0.1, -0.05) is 12.1 Å². The van der Waals surface area contributed by atoms with E-state index >= 15 is 0 Å². The molecule has 28 heavy (non-hydrogen) atoms. The van der Waals surface area contributed by atoms with E-state index in [1.165, 1.54) is 16.4 Å². The normalized spacial score (nSPS) is 16.0. The van der Waals surface area contributed by atoms with Crippen molar-refractivity contribution >= 4 is 15.9 Å². The highest BCUT2D eigenvalue weighted by Crippen LogP contribution is 2.29. The smallest absolute Gasteiger partial charge is 0.251 e. The number of piperidine rings is 1. The highest BCUT2D eigenvalue weighted by molar-refractivity contribution is 7.89. The molecule has 1 fully saturated rings. The molecule has 0 unspecified atom stereocenters. The van der Waals surface area contributed by atoms with Gasteiger partial charge in [0.15, 0.2) is 0 Å². The standard InChI is InChI=1S/C19H25N5O3S/c1-3-10-20-19(25)16-6-5-7-17(13-16)28(26,27)24-11-8-15(9-12-24)18-22-21-14-23(18)4-2/h3,5-7,13-15H,1,4,8-12H2,2H3,(H,20,25). The molecule has 1 aliphatic heterocycles. The Morgan fingerprint density at radius 3 is 2.79 bits per heavy atom. The first-order valence-corrected chi connectivity index (χ1v) is 10.8. The van der Waals surface area contributed by atoms with Crippen LogP contribution >= 0.6 is 0 Å². The van der Waals surface area contributed by atoms with Crippen molar-refractivity contribution in [2.24, 2.45) is 0 Å². The lowest BCUT2D eigenvalue weighted by molar-refractivity contribution is 0.0958. The summed E-state index contributed by atoms with van der Waals surface area (Å²) in [5.74, 6) is 0.792. The maximum atomic E-state index is 13.0. The molecule has 0 atom stereocenters. The number of sulfonamides is 1. The second-order valence-corrected chi connectivity index (χ2v) is 8.62. The number of carbonyl (C=O) groups is 1. The number of rotatable bonds is 7. The maximum absolute atomic E-state index is 13.0. The lowest BCUT2D eigenvalue weighted by atomic mass is 9.97. The zero-order valence-electron chi connectivity index (χ0n) is 15.9. The molecule has 1 aliphatic rings. The fourth-order valence-electron chi connectivity index (χ4n) is 3.39. The molecule has 1 aromatic heterocycles. The van der Waals surface area contributed by atoms with Gasteiger partial charge >= 0.3 is 0 Å². The zero-order valence-corrected chi connectivity index (χ0v) is 16.7. The number of benzene rings is 1. The van der Waals surface area contributed by atoms with Gasteiger partial charge in [0.25, 0.3) is 5.91 Å². The van der Waals surface area contributed by atoms with Gasteiger partial charge in [-0.15, -0.1) is 16.8 Å². The summed E-state index contributed by atoms with van der Waals surface area (Å²) in [5, 5.41) is 10.8. The van der Waals surface area contributed by atoms with E-state index in [2.05, 4.69) is 22.1 Å². The molecule has 2 heterocycles. The Labute approximate surface area is 165 Å². The zero-order chi connectivity index (χ0) is 20.1. The van der Waals surface area contributed by atoms with Crippen molar-refractivity contribution in [3.8, 4) is 0 Å². The molecule has 0 spiro atoms. The second-order valence-electron chi connectivity index (χ2n) is 6.68. The summed E-state index contributed by atoms with van der Waals surface area (Å²) >= 11 is 0. The molecule has 0 radical (unpaired) electrons. The Balaban J connectivity index is 1.72. The van der Waals surface area contributed by atoms with Crippen molar-refractivity contribution in [3.63, 3.8) is 0 Å². The van der Waals surface area contributed by atoms with Crippen LogP contribution in [-0.4, -0.2) is 53.0 Å². The van der Waals surface area contributed by atoms with Crippen LogP contribution in [0.25, 0.3) is 0 Å². The van der Waals surface area contributed by atoms with Gasteiger partial charge < -0.3 is 9.88 Å². The number of nitrogens with one attached hydrogen (secondary N) is 1. The second kappa shape index (κ2) is 8.66. The van der Waals surface area contributed by atoms with Crippen LogP contribution in [0.3, 0.4) is 0 Å². The number of amides is 1. The molecular formula is C19H25N5O3S. The van der Waals surface area contributed by atoms with Crippen molar-refractivity contribution in [1.82, 2.24) is 24.4 Å². The Hall–Kier alpha value is -2.52. The highest BCUT2D eigenvalue weighted by atomic mass is 32.2. The number of carbonyl (C=O) groups excluding carboxylic acids is 1. The van der Waals surface area contributed by atoms with Crippen LogP contribution in [-0.2, 0) is 16.6 Å². The summed E-state index contributed by atoms with van der Waals surface area (Å²) in [6.07, 6.45) is 4.66. The molecule has 0 bridgehead atoms. The molecule has 0 aliphatic carbocycles. The third kappa shape index (κ3) is 4.15. The first-order valence-electron chi connectivity index (χ1n) is 9.34. The molecule has 3 rings (SSSR count). The van der Waals surface area contributed by atoms with Gasteiger partial charge in [0.1, 0.15) is 12.2 Å². The number of hydrogen-bond donors (Lipinski definition) is 1. The number of hydrogen-bond acceptors (Lipinski definition) is 5. The number of aryl methyl sites for hydroxylation is 1. The summed E-state index contributed by atoms with van der Waals surface area (Å²) in [7, 11) is -3.66. The van der Waals surface area contributed by atoms with Gasteiger partial charge in [0.05, 0.1) is 4.90 Å². The third-order valence-electron chi connectivity index (χ3n) is 4.95. The average Bonchev–Trinajstić information content (AvgIpc) is 3.21. The van der Waals surface area contributed by atoms with Gasteiger partial charge in [-0.2, -0.15) is 4.31 Å². The van der Waals surface area contributed by atoms with Crippen LogP contribution in [0, 0.1) is 0 Å². The highest BCUT2D eigenvalue weighted by Gasteiger charge is 2.31. The summed E-state index contributed by atoms with van der Waals surface area (Å²) in [6.45, 7) is 7.53. The van der Waals surface area contributed by atoms with E-state index in [0.717, 1.165) is 12.4 Å². The fraction of sp³-hybridized carbons (Fsp3) is 0.421. The molecule has 1 saturated heterocycles. The number of nitrogens with zero attached hydrogens (tertiary/aromatic N) is 4. The first-order chi connectivity index (χ1) is 13.5. The van der Waals surface area contributed by atoms with Crippen LogP contribution < -0.4 is 5.32 Å². The molecule has 150 valence electrons. The third-order valence-corrected chi connectivity index (χ3v) is 6.84. The van der Waals surface area contributed by atoms with Crippen LogP contribution in [0.2, 0.25) is 0 Å². The van der Waals surface area contributed by atoms with Crippen LogP contribution in [0.5, 0.6) is 0 Å². The van der Waals surface area contributed by atoms with Gasteiger partial charge in [0.2, 0.25) is 10.0 Å². The van der Waals surface area contributed by atoms with Crippen molar-refractivity contribution in [1.29, 1.82) is 0 Å². The van der Waals surface area contributed by atoms with Crippen LogP contribution in [0.4, 0.5) is 0 Å². The fourth-order valence-corrected chi connectivity index (χ4v) is 4.91. The lowest BCUT2D eigenvalue weighted by Crippen LogP contribution is -2.38. The molecule has 0 saturated carbocycles. The lowest BCUT2D eigenvalue weighted by Gasteiger charge is -2.30. The molecule has 1 aromatic carbocycles. The molecular weight excluding hydrogens is 378 g/mol. The number of aromatic nitrogens is 3. The van der Waals surface area contributed by atoms with Gasteiger partial charge in [-0.05, 0) is 38.0 Å². The van der Waals surface area contributed by atoms with Gasteiger partial charge in [0, 0.05) is 37.7 Å². The van der Waals surface area contributed by atoms with E-state index in [4.69, 9.17) is 0 Å². The maximum Gasteiger partial charge on any atom is 0.251 e. The van der Waals surface area contributed by atoms with E-state index in [-0.39, 0.29) is 16.7 Å². The Bertz CT molecular complexity index is 946. The van der Waals surface area contributed by atoms with Crippen molar-refractivity contribution in [2.45, 2.75) is 37.1 Å². The van der Waals surface area contributed by atoms with E-state index < -0.39 is 10.0 Å². The Morgan fingerprint density at radius 2 is 2.11 bits per heavy atom. The van der Waals surface area contributed by atoms with Crippen LogP contribution in [0.1, 0.15) is 41.9 Å². The molecule has 1 amide bonds. The summed E-state index contributed by atoms with van der Waals surface area (Å²) < 4.78 is 29.6. The largest absolute Gasteiger partial charge is 0.349 e. The van der Waals surface area contributed by atoms with Gasteiger partial charge in [-0.25, -0.2) is 8.42 Å². The van der Waals surface area contributed by atoms with E-state index in [1.54, 1.807) is 24.5 Å². The van der Waals surface area contributed by atoms with E-state index in [1.807, 2.05) is 11.5 Å². The van der Waals surface area contributed by atoms with E-state index in [9.17, 15) is 13.2 Å². The van der Waals surface area contributed by atoms with Crippen molar-refractivity contribution in [2.75, 3.05) is 19.6 Å². The molecule has 8 nitrogen and oxygen atoms in total. The predicted molar refractivity (Wildman–Crippen MR) is 105 cm³/mol. The molecule has 9 heteroatoms. The molecule has 1 N–H and O–H groups in total. The SMILES string of the molecule is C=CCNC(=O)c1cccc(S(=O)(=O)N2CCC(c3nncn3CC)CC2)c1. The van der Waals surface area contributed by atoms with Crippen molar-refractivity contribution < 1.29 is 13.2 Å². The summed E-state index contributed by atoms with van der Waals surface area (Å²) in [4.78, 5) is 12.2. The quantitative estimate of drug-likeness (QED) is 0.711. The summed E-state index contributed by atoms with van der Waals surface area (Å²) in [5.41, 5.74) is 0.314. The Morgan fingerprint density at radius 1 is 1.36 bits per heavy atom. The minimum atomic E-state index is -3.66. The first kappa shape index (κ1) is 20.2. The van der Waals surface area contributed by atoms with Crippen LogP contribution in [0.15, 0.2) is 48.1 Å². The summed E-state index contributed by atoms with van der Waals surface area (Å²) in [6, 6.07) is 6.14. The monoisotopic (exact) mass is 403 g/mol.